The van der Waals surface area contributed by atoms with Crippen molar-refractivity contribution in [3.63, 3.8) is 0 Å². The number of para-hydroxylation sites is 1. The van der Waals surface area contributed by atoms with Crippen LogP contribution in [0.2, 0.25) is 0 Å². The molecule has 0 heterocycles. The van der Waals surface area contributed by atoms with Crippen molar-refractivity contribution in [2.24, 2.45) is 0 Å². The number of rotatable bonds is 4. The molecule has 0 aliphatic rings. The fraction of sp³-hybridized carbons (Fsp3) is 0.250. The first-order valence-electron chi connectivity index (χ1n) is 6.69. The second kappa shape index (κ2) is 5.85. The molecule has 3 nitrogen and oxygen atoms in total. The van der Waals surface area contributed by atoms with E-state index in [1.807, 2.05) is 6.07 Å². The van der Waals surface area contributed by atoms with Crippen LogP contribution in [0.3, 0.4) is 0 Å². The van der Waals surface area contributed by atoms with Gasteiger partial charge in [0.1, 0.15) is 5.82 Å². The number of benzene rings is 2. The van der Waals surface area contributed by atoms with Gasteiger partial charge in [-0.25, -0.2) is 12.8 Å². The highest BCUT2D eigenvalue weighted by molar-refractivity contribution is 7.92. The van der Waals surface area contributed by atoms with Crippen molar-refractivity contribution in [2.45, 2.75) is 31.7 Å². The molecule has 0 fully saturated rings. The first-order valence-corrected chi connectivity index (χ1v) is 8.13. The summed E-state index contributed by atoms with van der Waals surface area (Å²) in [5.74, 6) is -0.521. The molecule has 0 amide bonds. The highest BCUT2D eigenvalue weighted by Crippen LogP contribution is 2.26. The molecule has 0 aromatic heterocycles. The Balaban J connectivity index is 2.56. The van der Waals surface area contributed by atoms with Crippen molar-refractivity contribution in [1.29, 1.82) is 0 Å². The van der Waals surface area contributed by atoms with Crippen LogP contribution in [0.15, 0.2) is 53.4 Å². The van der Waals surface area contributed by atoms with Gasteiger partial charge in [-0.15, -0.1) is 0 Å². The summed E-state index contributed by atoms with van der Waals surface area (Å²) in [6, 6.07) is 12.5. The molecule has 0 saturated heterocycles. The third kappa shape index (κ3) is 3.08. The molecule has 0 aliphatic carbocycles. The van der Waals surface area contributed by atoms with Gasteiger partial charge in [-0.05, 0) is 50.6 Å². The van der Waals surface area contributed by atoms with E-state index >= 15 is 0 Å². The molecule has 21 heavy (non-hydrogen) atoms. The molecule has 2 rings (SSSR count). The van der Waals surface area contributed by atoms with Crippen molar-refractivity contribution in [1.82, 2.24) is 0 Å². The zero-order chi connectivity index (χ0) is 15.6. The smallest absolute Gasteiger partial charge is 0.264 e. The molecule has 0 radical (unpaired) electrons. The maximum absolute atomic E-state index is 13.7. The maximum Gasteiger partial charge on any atom is 0.264 e. The topological polar surface area (TPSA) is 37.4 Å². The van der Waals surface area contributed by atoms with Crippen LogP contribution >= 0.6 is 0 Å². The Morgan fingerprint density at radius 2 is 1.67 bits per heavy atom. The molecule has 0 N–H and O–H groups in total. The monoisotopic (exact) mass is 307 g/mol. The van der Waals surface area contributed by atoms with E-state index in [4.69, 9.17) is 0 Å². The lowest BCUT2D eigenvalue weighted by Crippen LogP contribution is -2.37. The number of sulfonamides is 1. The largest absolute Gasteiger partial charge is 0.264 e. The van der Waals surface area contributed by atoms with Crippen LogP contribution in [-0.4, -0.2) is 14.5 Å². The summed E-state index contributed by atoms with van der Waals surface area (Å²) in [5, 5.41) is 0. The molecule has 0 spiro atoms. The number of halogens is 1. The van der Waals surface area contributed by atoms with E-state index in [-0.39, 0.29) is 10.9 Å². The van der Waals surface area contributed by atoms with E-state index < -0.39 is 15.8 Å². The Bertz CT molecular complexity index is 727. The number of hydrogen-bond acceptors (Lipinski definition) is 2. The van der Waals surface area contributed by atoms with E-state index in [9.17, 15) is 12.8 Å². The zero-order valence-corrected chi connectivity index (χ0v) is 13.1. The molecule has 5 heteroatoms. The molecule has 0 unspecified atom stereocenters. The molecule has 0 bridgehead atoms. The lowest BCUT2D eigenvalue weighted by atomic mass is 10.2. The zero-order valence-electron chi connectivity index (χ0n) is 12.2. The Kier molecular flexibility index (Phi) is 4.32. The predicted octanol–water partition coefficient (Wildman–Crippen LogP) is 3.74. The molecule has 0 saturated carbocycles. The third-order valence-electron chi connectivity index (χ3n) is 3.18. The van der Waals surface area contributed by atoms with Gasteiger partial charge in [0, 0.05) is 6.04 Å². The number of hydrogen-bond donors (Lipinski definition) is 0. The summed E-state index contributed by atoms with van der Waals surface area (Å²) in [6.45, 7) is 5.17. The van der Waals surface area contributed by atoms with E-state index in [1.54, 1.807) is 45.0 Å². The van der Waals surface area contributed by atoms with Crippen LogP contribution in [0.5, 0.6) is 0 Å². The second-order valence-corrected chi connectivity index (χ2v) is 6.96. The quantitative estimate of drug-likeness (QED) is 0.863. The van der Waals surface area contributed by atoms with E-state index in [0.29, 0.717) is 11.3 Å². The number of nitrogens with zero attached hydrogens (tertiary/aromatic N) is 1. The lowest BCUT2D eigenvalue weighted by molar-refractivity contribution is 0.579. The maximum atomic E-state index is 13.7. The van der Waals surface area contributed by atoms with Crippen LogP contribution in [0, 0.1) is 12.7 Å². The Morgan fingerprint density at radius 1 is 1.05 bits per heavy atom. The molecule has 2 aromatic rings. The van der Waals surface area contributed by atoms with Gasteiger partial charge >= 0.3 is 0 Å². The summed E-state index contributed by atoms with van der Waals surface area (Å²) in [6.07, 6.45) is 0. The molecule has 2 aromatic carbocycles. The standard InChI is InChI=1S/C16H18FNO2S/c1-12(2)18(14-7-5-4-6-8-14)21(19,20)15-10-9-13(3)16(17)11-15/h4-12H,1-3H3. The van der Waals surface area contributed by atoms with Gasteiger partial charge in [0.25, 0.3) is 10.0 Å². The minimum absolute atomic E-state index is 0.0387. The first kappa shape index (κ1) is 15.5. The lowest BCUT2D eigenvalue weighted by Gasteiger charge is -2.28. The Hall–Kier alpha value is -1.88. The molecule has 0 atom stereocenters. The summed E-state index contributed by atoms with van der Waals surface area (Å²) >= 11 is 0. The summed E-state index contributed by atoms with van der Waals surface area (Å²) in [5.41, 5.74) is 0.984. The van der Waals surface area contributed by atoms with Gasteiger partial charge in [0.15, 0.2) is 0 Å². The minimum Gasteiger partial charge on any atom is -0.264 e. The fourth-order valence-electron chi connectivity index (χ4n) is 2.14. The van der Waals surface area contributed by atoms with Crippen LogP contribution in [0.1, 0.15) is 19.4 Å². The predicted molar refractivity (Wildman–Crippen MR) is 82.4 cm³/mol. The molecule has 112 valence electrons. The van der Waals surface area contributed by atoms with Crippen LogP contribution in [0.4, 0.5) is 10.1 Å². The van der Waals surface area contributed by atoms with Gasteiger partial charge in [-0.1, -0.05) is 24.3 Å². The van der Waals surface area contributed by atoms with Crippen molar-refractivity contribution in [2.75, 3.05) is 4.31 Å². The van der Waals surface area contributed by atoms with E-state index in [0.717, 1.165) is 6.07 Å². The SMILES string of the molecule is Cc1ccc(S(=O)(=O)N(c2ccccc2)C(C)C)cc1F. The Morgan fingerprint density at radius 3 is 2.19 bits per heavy atom. The van der Waals surface area contributed by atoms with Gasteiger partial charge < -0.3 is 0 Å². The summed E-state index contributed by atoms with van der Waals surface area (Å²) in [7, 11) is -3.80. The van der Waals surface area contributed by atoms with Crippen molar-refractivity contribution in [3.8, 4) is 0 Å². The fourth-order valence-corrected chi connectivity index (χ4v) is 3.81. The van der Waals surface area contributed by atoms with E-state index in [2.05, 4.69) is 0 Å². The number of aryl methyl sites for hydroxylation is 1. The van der Waals surface area contributed by atoms with Crippen molar-refractivity contribution < 1.29 is 12.8 Å². The second-order valence-electron chi connectivity index (χ2n) is 5.14. The normalized spacial score (nSPS) is 11.7. The summed E-state index contributed by atoms with van der Waals surface area (Å²) in [4.78, 5) is -0.0387. The Labute approximate surface area is 125 Å². The highest BCUT2D eigenvalue weighted by Gasteiger charge is 2.27. The minimum atomic E-state index is -3.80. The van der Waals surface area contributed by atoms with Crippen molar-refractivity contribution in [3.05, 3.63) is 59.9 Å². The molecule has 0 aliphatic heterocycles. The van der Waals surface area contributed by atoms with Crippen LogP contribution < -0.4 is 4.31 Å². The average molecular weight is 307 g/mol. The van der Waals surface area contributed by atoms with Gasteiger partial charge in [0.2, 0.25) is 0 Å². The van der Waals surface area contributed by atoms with Gasteiger partial charge in [0.05, 0.1) is 10.6 Å². The van der Waals surface area contributed by atoms with Crippen molar-refractivity contribution >= 4 is 15.7 Å². The van der Waals surface area contributed by atoms with Crippen LogP contribution in [0.25, 0.3) is 0 Å². The average Bonchev–Trinajstić information content (AvgIpc) is 2.42. The highest BCUT2D eigenvalue weighted by atomic mass is 32.2. The first-order chi connectivity index (χ1) is 9.84. The molecular weight excluding hydrogens is 289 g/mol. The number of anilines is 1. The van der Waals surface area contributed by atoms with Crippen LogP contribution in [-0.2, 0) is 10.0 Å². The summed E-state index contributed by atoms with van der Waals surface area (Å²) < 4.78 is 40.6. The van der Waals surface area contributed by atoms with Gasteiger partial charge in [-0.3, -0.25) is 4.31 Å². The van der Waals surface area contributed by atoms with E-state index in [1.165, 1.54) is 16.4 Å². The third-order valence-corrected chi connectivity index (χ3v) is 5.18. The van der Waals surface area contributed by atoms with Gasteiger partial charge in [-0.2, -0.15) is 0 Å². The molecular formula is C16H18FNO2S.